The maximum atomic E-state index is 6.51. The SMILES string of the molecule is c1ccc(-c2cccc(N(c3ccc4c(c3)oc3ccccc34)c3ccc4c(c3)oc3ccc5oc(-c6ccccc6)nc5c34)c2)cc1. The summed E-state index contributed by atoms with van der Waals surface area (Å²) >= 11 is 0. The van der Waals surface area contributed by atoms with Gasteiger partial charge in [-0.2, -0.15) is 0 Å². The van der Waals surface area contributed by atoms with Crippen LogP contribution < -0.4 is 4.90 Å². The number of aromatic nitrogens is 1. The molecule has 5 nitrogen and oxygen atoms in total. The normalized spacial score (nSPS) is 11.8. The van der Waals surface area contributed by atoms with Gasteiger partial charge in [0, 0.05) is 50.9 Å². The third-order valence-corrected chi connectivity index (χ3v) is 9.09. The van der Waals surface area contributed by atoms with Crippen molar-refractivity contribution in [1.29, 1.82) is 0 Å². The first-order valence-electron chi connectivity index (χ1n) is 15.9. The molecule has 0 fully saturated rings. The molecule has 3 aromatic heterocycles. The Bertz CT molecular complexity index is 2790. The van der Waals surface area contributed by atoms with Crippen LogP contribution in [-0.2, 0) is 0 Å². The van der Waals surface area contributed by atoms with Gasteiger partial charge in [-0.05, 0) is 77.9 Å². The molecule has 226 valence electrons. The maximum Gasteiger partial charge on any atom is 0.227 e. The Morgan fingerprint density at radius 2 is 0.979 bits per heavy atom. The van der Waals surface area contributed by atoms with Crippen LogP contribution in [0, 0.1) is 0 Å². The van der Waals surface area contributed by atoms with E-state index in [1.165, 1.54) is 0 Å². The Kier molecular flexibility index (Phi) is 5.81. The second-order valence-electron chi connectivity index (χ2n) is 12.0. The Morgan fingerprint density at radius 3 is 1.79 bits per heavy atom. The molecule has 0 saturated heterocycles. The molecule has 10 rings (SSSR count). The first-order chi connectivity index (χ1) is 23.8. The van der Waals surface area contributed by atoms with E-state index in [0.717, 1.165) is 88.7 Å². The van der Waals surface area contributed by atoms with E-state index in [-0.39, 0.29) is 0 Å². The molecular weight excluding hydrogens is 592 g/mol. The van der Waals surface area contributed by atoms with Gasteiger partial charge in [-0.15, -0.1) is 0 Å². The quantitative estimate of drug-likeness (QED) is 0.192. The van der Waals surface area contributed by atoms with Crippen molar-refractivity contribution in [2.75, 3.05) is 4.90 Å². The van der Waals surface area contributed by atoms with E-state index >= 15 is 0 Å². The number of fused-ring (bicyclic) bond motifs is 8. The van der Waals surface area contributed by atoms with Gasteiger partial charge in [0.05, 0.1) is 5.39 Å². The van der Waals surface area contributed by atoms with Crippen LogP contribution in [0.15, 0.2) is 171 Å². The number of oxazole rings is 1. The number of rotatable bonds is 5. The lowest BCUT2D eigenvalue weighted by atomic mass is 10.0. The van der Waals surface area contributed by atoms with Gasteiger partial charge in [0.1, 0.15) is 27.8 Å². The summed E-state index contributed by atoms with van der Waals surface area (Å²) < 4.78 is 19.0. The predicted molar refractivity (Wildman–Crippen MR) is 194 cm³/mol. The fourth-order valence-corrected chi connectivity index (χ4v) is 6.84. The monoisotopic (exact) mass is 618 g/mol. The van der Waals surface area contributed by atoms with Gasteiger partial charge in [-0.25, -0.2) is 4.98 Å². The zero-order valence-corrected chi connectivity index (χ0v) is 25.6. The second kappa shape index (κ2) is 10.5. The van der Waals surface area contributed by atoms with Crippen molar-refractivity contribution in [3.8, 4) is 22.6 Å². The number of hydrogen-bond donors (Lipinski definition) is 0. The molecule has 0 bridgehead atoms. The van der Waals surface area contributed by atoms with Crippen LogP contribution >= 0.6 is 0 Å². The molecule has 0 radical (unpaired) electrons. The van der Waals surface area contributed by atoms with Crippen LogP contribution in [-0.4, -0.2) is 4.98 Å². The zero-order chi connectivity index (χ0) is 31.6. The lowest BCUT2D eigenvalue weighted by Gasteiger charge is -2.26. The highest BCUT2D eigenvalue weighted by Crippen LogP contribution is 2.43. The smallest absolute Gasteiger partial charge is 0.227 e. The van der Waals surface area contributed by atoms with Crippen LogP contribution in [0.2, 0.25) is 0 Å². The van der Waals surface area contributed by atoms with E-state index < -0.39 is 0 Å². The van der Waals surface area contributed by atoms with E-state index in [1.54, 1.807) is 0 Å². The number of hydrogen-bond acceptors (Lipinski definition) is 5. The van der Waals surface area contributed by atoms with E-state index in [1.807, 2.05) is 66.7 Å². The van der Waals surface area contributed by atoms with Crippen molar-refractivity contribution in [2.24, 2.45) is 0 Å². The van der Waals surface area contributed by atoms with Crippen LogP contribution in [0.4, 0.5) is 17.1 Å². The number of anilines is 3. The van der Waals surface area contributed by atoms with E-state index in [9.17, 15) is 0 Å². The van der Waals surface area contributed by atoms with Crippen LogP contribution in [0.25, 0.3) is 77.6 Å². The Balaban J connectivity index is 1.16. The first kappa shape index (κ1) is 26.6. The van der Waals surface area contributed by atoms with Gasteiger partial charge in [0.2, 0.25) is 5.89 Å². The Labute approximate surface area is 274 Å². The molecule has 0 aliphatic heterocycles. The number of para-hydroxylation sites is 1. The molecule has 0 unspecified atom stereocenters. The molecule has 0 spiro atoms. The summed E-state index contributed by atoms with van der Waals surface area (Å²) in [6, 6.07) is 53.9. The Morgan fingerprint density at radius 1 is 0.375 bits per heavy atom. The minimum atomic E-state index is 0.592. The summed E-state index contributed by atoms with van der Waals surface area (Å²) in [6.45, 7) is 0. The molecule has 0 aliphatic carbocycles. The lowest BCUT2D eigenvalue weighted by Crippen LogP contribution is -2.09. The molecule has 5 heteroatoms. The van der Waals surface area contributed by atoms with Crippen molar-refractivity contribution in [3.05, 3.63) is 158 Å². The highest BCUT2D eigenvalue weighted by Gasteiger charge is 2.20. The lowest BCUT2D eigenvalue weighted by molar-refractivity contribution is 0.619. The molecule has 3 heterocycles. The van der Waals surface area contributed by atoms with E-state index in [4.69, 9.17) is 18.2 Å². The van der Waals surface area contributed by atoms with Crippen molar-refractivity contribution in [2.45, 2.75) is 0 Å². The molecule has 10 aromatic rings. The van der Waals surface area contributed by atoms with Crippen LogP contribution in [0.5, 0.6) is 0 Å². The minimum absolute atomic E-state index is 0.592. The number of furan rings is 2. The van der Waals surface area contributed by atoms with Gasteiger partial charge in [0.15, 0.2) is 5.58 Å². The van der Waals surface area contributed by atoms with Crippen molar-refractivity contribution in [3.63, 3.8) is 0 Å². The van der Waals surface area contributed by atoms with Gasteiger partial charge in [-0.3, -0.25) is 0 Å². The summed E-state index contributed by atoms with van der Waals surface area (Å²) in [7, 11) is 0. The summed E-state index contributed by atoms with van der Waals surface area (Å²) in [5.41, 5.74) is 11.0. The van der Waals surface area contributed by atoms with Crippen LogP contribution in [0.1, 0.15) is 0 Å². The number of benzene rings is 7. The fraction of sp³-hybridized carbons (Fsp3) is 0. The third-order valence-electron chi connectivity index (χ3n) is 9.09. The summed E-state index contributed by atoms with van der Waals surface area (Å²) in [4.78, 5) is 7.18. The van der Waals surface area contributed by atoms with E-state index in [0.29, 0.717) is 5.89 Å². The largest absolute Gasteiger partial charge is 0.456 e. The van der Waals surface area contributed by atoms with Crippen molar-refractivity contribution >= 4 is 72.0 Å². The molecule has 0 aliphatic rings. The van der Waals surface area contributed by atoms with Gasteiger partial charge in [0.25, 0.3) is 0 Å². The molecule has 0 amide bonds. The molecular formula is C43H26N2O3. The zero-order valence-electron chi connectivity index (χ0n) is 25.6. The van der Waals surface area contributed by atoms with Gasteiger partial charge in [-0.1, -0.05) is 78.9 Å². The minimum Gasteiger partial charge on any atom is -0.456 e. The number of nitrogens with zero attached hydrogens (tertiary/aromatic N) is 2. The summed E-state index contributed by atoms with van der Waals surface area (Å²) in [5.74, 6) is 0.592. The maximum absolute atomic E-state index is 6.51. The first-order valence-corrected chi connectivity index (χ1v) is 15.9. The highest BCUT2D eigenvalue weighted by atomic mass is 16.4. The second-order valence-corrected chi connectivity index (χ2v) is 12.0. The third kappa shape index (κ3) is 4.22. The highest BCUT2D eigenvalue weighted by molar-refractivity contribution is 6.17. The topological polar surface area (TPSA) is 55.6 Å². The van der Waals surface area contributed by atoms with Crippen molar-refractivity contribution < 1.29 is 13.3 Å². The van der Waals surface area contributed by atoms with Crippen LogP contribution in [0.3, 0.4) is 0 Å². The van der Waals surface area contributed by atoms with Gasteiger partial charge < -0.3 is 18.2 Å². The molecule has 0 N–H and O–H groups in total. The summed E-state index contributed by atoms with van der Waals surface area (Å²) in [5, 5.41) is 4.13. The summed E-state index contributed by atoms with van der Waals surface area (Å²) in [6.07, 6.45) is 0. The fourth-order valence-electron chi connectivity index (χ4n) is 6.84. The average molecular weight is 619 g/mol. The predicted octanol–water partition coefficient (Wildman–Crippen LogP) is 12.4. The van der Waals surface area contributed by atoms with E-state index in [2.05, 4.69) is 95.9 Å². The molecule has 7 aromatic carbocycles. The standard InChI is InChI=1S/C43H26N2O3/c1-3-10-27(11-4-1)29-14-9-15-30(24-29)45(31-18-20-34-33-16-7-8-17-36(33)46-39(34)25-31)32-19-21-35-40(26-32)47-37-22-23-38-42(41(35)37)44-43(48-38)28-12-5-2-6-13-28/h1-26H. The average Bonchev–Trinajstić information content (AvgIpc) is 3.85. The molecule has 48 heavy (non-hydrogen) atoms. The Hall–Kier alpha value is -6.59. The van der Waals surface area contributed by atoms with Gasteiger partial charge >= 0.3 is 0 Å². The molecule has 0 saturated carbocycles. The van der Waals surface area contributed by atoms with Crippen molar-refractivity contribution in [1.82, 2.24) is 4.98 Å². The molecule has 0 atom stereocenters.